The zero-order chi connectivity index (χ0) is 21.4. The van der Waals surface area contributed by atoms with Crippen molar-refractivity contribution in [2.45, 2.75) is 52.3 Å². The molecule has 0 bridgehead atoms. The molecule has 5 nitrogen and oxygen atoms in total. The summed E-state index contributed by atoms with van der Waals surface area (Å²) < 4.78 is 46.2. The van der Waals surface area contributed by atoms with Gasteiger partial charge in [0.2, 0.25) is 5.91 Å². The lowest BCUT2D eigenvalue weighted by Gasteiger charge is -2.22. The number of anilines is 1. The van der Waals surface area contributed by atoms with Crippen LogP contribution in [-0.4, -0.2) is 22.3 Å². The average molecular weight is 407 g/mol. The lowest BCUT2D eigenvalue weighted by atomic mass is 9.99. The Hall–Kier alpha value is -2.77. The molecule has 0 atom stereocenters. The summed E-state index contributed by atoms with van der Waals surface area (Å²) in [7, 11) is 0. The highest BCUT2D eigenvalue weighted by molar-refractivity contribution is 6.04. The second-order valence-corrected chi connectivity index (χ2v) is 8.07. The van der Waals surface area contributed by atoms with E-state index in [2.05, 4.69) is 10.4 Å². The first-order chi connectivity index (χ1) is 13.4. The van der Waals surface area contributed by atoms with E-state index in [1.54, 1.807) is 10.7 Å². The fourth-order valence-corrected chi connectivity index (χ4v) is 3.23. The van der Waals surface area contributed by atoms with E-state index in [4.69, 9.17) is 4.74 Å². The van der Waals surface area contributed by atoms with Crippen molar-refractivity contribution < 1.29 is 22.7 Å². The van der Waals surface area contributed by atoms with Crippen LogP contribution in [0.3, 0.4) is 0 Å². The fourth-order valence-electron chi connectivity index (χ4n) is 3.23. The Morgan fingerprint density at radius 3 is 2.62 bits per heavy atom. The van der Waals surface area contributed by atoms with Gasteiger partial charge in [0.1, 0.15) is 11.6 Å². The molecule has 0 unspecified atom stereocenters. The maximum Gasteiger partial charge on any atom is 0.416 e. The number of amides is 1. The lowest BCUT2D eigenvalue weighted by Crippen LogP contribution is -2.26. The van der Waals surface area contributed by atoms with Crippen LogP contribution in [0, 0.1) is 6.92 Å². The Morgan fingerprint density at radius 2 is 1.97 bits per heavy atom. The molecule has 29 heavy (non-hydrogen) atoms. The van der Waals surface area contributed by atoms with Crippen molar-refractivity contribution in [3.8, 4) is 5.75 Å². The Bertz CT molecular complexity index is 953. The van der Waals surface area contributed by atoms with E-state index in [1.165, 1.54) is 12.1 Å². The fraction of sp³-hybridized carbons (Fsp3) is 0.429. The van der Waals surface area contributed by atoms with Crippen molar-refractivity contribution >= 4 is 17.3 Å². The van der Waals surface area contributed by atoms with Gasteiger partial charge in [-0.05, 0) is 58.2 Å². The summed E-state index contributed by atoms with van der Waals surface area (Å²) in [6, 6.07) is 5.15. The molecule has 2 aromatic rings. The largest absolute Gasteiger partial charge is 0.493 e. The number of fused-ring (bicyclic) bond motifs is 1. The SMILES string of the molecule is Cc1cc(NC(=O)/C=C2\CCCOc3cc(C(F)(F)F)ccc32)n(C(C)(C)C)n1. The van der Waals surface area contributed by atoms with Gasteiger partial charge in [-0.15, -0.1) is 0 Å². The number of allylic oxidation sites excluding steroid dienone is 1. The van der Waals surface area contributed by atoms with Crippen LogP contribution in [0.5, 0.6) is 5.75 Å². The van der Waals surface area contributed by atoms with Crippen molar-refractivity contribution in [2.75, 3.05) is 11.9 Å². The van der Waals surface area contributed by atoms with Crippen LogP contribution in [0.1, 0.15) is 50.4 Å². The standard InChI is InChI=1S/C21H24F3N3O2/c1-13-10-18(27(26-13)20(2,3)4)25-19(28)11-14-6-5-9-29-17-12-15(21(22,23)24)7-8-16(14)17/h7-8,10-12H,5-6,9H2,1-4H3,(H,25,28)/b14-11+. The summed E-state index contributed by atoms with van der Waals surface area (Å²) in [6.07, 6.45) is -1.89. The van der Waals surface area contributed by atoms with Gasteiger partial charge in [-0.25, -0.2) is 4.68 Å². The molecule has 0 fully saturated rings. The second-order valence-electron chi connectivity index (χ2n) is 8.07. The van der Waals surface area contributed by atoms with E-state index in [1.807, 2.05) is 27.7 Å². The van der Waals surface area contributed by atoms with Crippen LogP contribution in [0.2, 0.25) is 0 Å². The molecule has 0 aliphatic carbocycles. The molecule has 0 radical (unpaired) electrons. The van der Waals surface area contributed by atoms with E-state index in [0.717, 1.165) is 17.8 Å². The summed E-state index contributed by atoms with van der Waals surface area (Å²) in [5.41, 5.74) is 0.830. The van der Waals surface area contributed by atoms with Gasteiger partial charge in [0, 0.05) is 17.7 Å². The number of ether oxygens (including phenoxy) is 1. The van der Waals surface area contributed by atoms with Crippen molar-refractivity contribution in [3.63, 3.8) is 0 Å². The number of nitrogens with one attached hydrogen (secondary N) is 1. The Labute approximate surface area is 167 Å². The van der Waals surface area contributed by atoms with E-state index >= 15 is 0 Å². The monoisotopic (exact) mass is 407 g/mol. The predicted octanol–water partition coefficient (Wildman–Crippen LogP) is 5.16. The van der Waals surface area contributed by atoms with Gasteiger partial charge in [-0.3, -0.25) is 4.79 Å². The number of carbonyl (C=O) groups excluding carboxylic acids is 1. The van der Waals surface area contributed by atoms with Gasteiger partial charge in [-0.2, -0.15) is 18.3 Å². The first-order valence-corrected chi connectivity index (χ1v) is 9.38. The van der Waals surface area contributed by atoms with Gasteiger partial charge >= 0.3 is 6.18 Å². The van der Waals surface area contributed by atoms with E-state index in [-0.39, 0.29) is 17.2 Å². The summed E-state index contributed by atoms with van der Waals surface area (Å²) in [6.45, 7) is 8.07. The number of alkyl halides is 3. The Kier molecular flexibility index (Phi) is 5.47. The van der Waals surface area contributed by atoms with Crippen molar-refractivity contribution in [3.05, 3.63) is 47.2 Å². The summed E-state index contributed by atoms with van der Waals surface area (Å²) in [4.78, 5) is 12.7. The molecule has 1 N–H and O–H groups in total. The number of aryl methyl sites for hydroxylation is 1. The van der Waals surface area contributed by atoms with Crippen LogP contribution in [0.4, 0.5) is 19.0 Å². The lowest BCUT2D eigenvalue weighted by molar-refractivity contribution is -0.137. The third kappa shape index (κ3) is 4.81. The minimum atomic E-state index is -4.45. The number of hydrogen-bond acceptors (Lipinski definition) is 3. The molecule has 1 aromatic carbocycles. The highest BCUT2D eigenvalue weighted by Gasteiger charge is 2.32. The molecule has 1 aliphatic heterocycles. The van der Waals surface area contributed by atoms with Crippen molar-refractivity contribution in [1.29, 1.82) is 0 Å². The van der Waals surface area contributed by atoms with Gasteiger partial charge in [-0.1, -0.05) is 6.07 Å². The summed E-state index contributed by atoms with van der Waals surface area (Å²) in [5.74, 6) is 0.347. The van der Waals surface area contributed by atoms with Gasteiger partial charge < -0.3 is 10.1 Å². The third-order valence-electron chi connectivity index (χ3n) is 4.53. The molecule has 0 spiro atoms. The molecule has 0 saturated heterocycles. The minimum Gasteiger partial charge on any atom is -0.493 e. The maximum absolute atomic E-state index is 13.0. The van der Waals surface area contributed by atoms with Crippen LogP contribution < -0.4 is 10.1 Å². The number of rotatable bonds is 2. The molecular weight excluding hydrogens is 383 g/mol. The summed E-state index contributed by atoms with van der Waals surface area (Å²) >= 11 is 0. The van der Waals surface area contributed by atoms with E-state index in [9.17, 15) is 18.0 Å². The van der Waals surface area contributed by atoms with E-state index in [0.29, 0.717) is 36.4 Å². The van der Waals surface area contributed by atoms with Gasteiger partial charge in [0.25, 0.3) is 0 Å². The number of halogens is 3. The van der Waals surface area contributed by atoms with Crippen LogP contribution in [0.15, 0.2) is 30.3 Å². The molecule has 3 rings (SSSR count). The zero-order valence-electron chi connectivity index (χ0n) is 16.9. The van der Waals surface area contributed by atoms with E-state index < -0.39 is 11.7 Å². The number of nitrogens with zero attached hydrogens (tertiary/aromatic N) is 2. The smallest absolute Gasteiger partial charge is 0.416 e. The quantitative estimate of drug-likeness (QED) is 0.700. The average Bonchev–Trinajstić information content (AvgIpc) is 2.85. The molecule has 2 heterocycles. The van der Waals surface area contributed by atoms with Crippen molar-refractivity contribution in [1.82, 2.24) is 9.78 Å². The highest BCUT2D eigenvalue weighted by Crippen LogP contribution is 2.38. The number of carbonyl (C=O) groups is 1. The summed E-state index contributed by atoms with van der Waals surface area (Å²) in [5, 5.41) is 7.26. The second kappa shape index (κ2) is 7.57. The molecule has 1 aromatic heterocycles. The number of benzene rings is 1. The molecule has 8 heteroatoms. The third-order valence-corrected chi connectivity index (χ3v) is 4.53. The van der Waals surface area contributed by atoms with Crippen LogP contribution >= 0.6 is 0 Å². The topological polar surface area (TPSA) is 56.1 Å². The molecule has 1 amide bonds. The number of aromatic nitrogens is 2. The maximum atomic E-state index is 13.0. The first-order valence-electron chi connectivity index (χ1n) is 9.38. The van der Waals surface area contributed by atoms with Gasteiger partial charge in [0.15, 0.2) is 0 Å². The molecule has 156 valence electrons. The predicted molar refractivity (Wildman–Crippen MR) is 105 cm³/mol. The van der Waals surface area contributed by atoms with Gasteiger partial charge in [0.05, 0.1) is 23.4 Å². The Balaban J connectivity index is 1.91. The zero-order valence-corrected chi connectivity index (χ0v) is 16.9. The minimum absolute atomic E-state index is 0.145. The molecule has 1 aliphatic rings. The first kappa shape index (κ1) is 21.0. The Morgan fingerprint density at radius 1 is 1.24 bits per heavy atom. The molecule has 0 saturated carbocycles. The normalized spacial score (nSPS) is 16.2. The highest BCUT2D eigenvalue weighted by atomic mass is 19.4. The molecular formula is C21H24F3N3O2. The van der Waals surface area contributed by atoms with Crippen LogP contribution in [-0.2, 0) is 16.5 Å². The van der Waals surface area contributed by atoms with Crippen molar-refractivity contribution in [2.24, 2.45) is 0 Å². The van der Waals surface area contributed by atoms with Crippen LogP contribution in [0.25, 0.3) is 5.57 Å². The number of hydrogen-bond donors (Lipinski definition) is 1.